The summed E-state index contributed by atoms with van der Waals surface area (Å²) < 4.78 is 13.2. The average molecular weight is 343 g/mol. The summed E-state index contributed by atoms with van der Waals surface area (Å²) >= 11 is 5.73. The molecule has 0 radical (unpaired) electrons. The Labute approximate surface area is 139 Å². The van der Waals surface area contributed by atoms with Crippen LogP contribution in [0.4, 0.5) is 4.39 Å². The van der Waals surface area contributed by atoms with Gasteiger partial charge in [-0.25, -0.2) is 4.39 Å². The summed E-state index contributed by atoms with van der Waals surface area (Å²) in [6, 6.07) is 4.11. The molecule has 5 nitrogen and oxygen atoms in total. The van der Waals surface area contributed by atoms with E-state index in [1.54, 1.807) is 11.9 Å². The van der Waals surface area contributed by atoms with Crippen molar-refractivity contribution in [1.29, 1.82) is 0 Å². The van der Waals surface area contributed by atoms with Crippen LogP contribution in [0.3, 0.4) is 0 Å². The first kappa shape index (κ1) is 17.7. The van der Waals surface area contributed by atoms with Gasteiger partial charge in [-0.15, -0.1) is 0 Å². The summed E-state index contributed by atoms with van der Waals surface area (Å²) in [7, 11) is 1.79. The number of carbonyl (C=O) groups is 2. The lowest BCUT2D eigenvalue weighted by molar-refractivity contribution is -0.138. The number of carboxylic acids is 1. The summed E-state index contributed by atoms with van der Waals surface area (Å²) in [5, 5.41) is 8.81. The van der Waals surface area contributed by atoms with Gasteiger partial charge in [-0.2, -0.15) is 0 Å². The monoisotopic (exact) mass is 342 g/mol. The molecule has 1 aliphatic heterocycles. The minimum absolute atomic E-state index is 0.00775. The van der Waals surface area contributed by atoms with Crippen LogP contribution >= 0.6 is 11.6 Å². The quantitative estimate of drug-likeness (QED) is 0.913. The molecule has 1 aromatic rings. The summed E-state index contributed by atoms with van der Waals surface area (Å²) in [4.78, 5) is 26.8. The molecule has 1 unspecified atom stereocenters. The Morgan fingerprint density at radius 1 is 1.39 bits per heavy atom. The number of carboxylic acid groups (broad SMARTS) is 1. The first-order valence-electron chi connectivity index (χ1n) is 7.55. The molecular formula is C16H20ClFN2O3. The smallest absolute Gasteiger partial charge is 0.317 e. The third-order valence-corrected chi connectivity index (χ3v) is 4.45. The van der Waals surface area contributed by atoms with Gasteiger partial charge in [-0.05, 0) is 44.5 Å². The highest BCUT2D eigenvalue weighted by atomic mass is 35.5. The lowest BCUT2D eigenvalue weighted by atomic mass is 10.1. The molecule has 0 spiro atoms. The number of amides is 1. The third-order valence-electron chi connectivity index (χ3n) is 4.16. The molecule has 0 saturated carbocycles. The summed E-state index contributed by atoms with van der Waals surface area (Å²) in [5.74, 6) is -1.58. The van der Waals surface area contributed by atoms with Crippen LogP contribution in [0.1, 0.15) is 29.6 Å². The molecule has 2 rings (SSSR count). The van der Waals surface area contributed by atoms with Gasteiger partial charge < -0.3 is 10.0 Å². The van der Waals surface area contributed by atoms with Crippen LogP contribution in [0.25, 0.3) is 0 Å². The van der Waals surface area contributed by atoms with Crippen LogP contribution in [0, 0.1) is 5.82 Å². The van der Waals surface area contributed by atoms with E-state index in [-0.39, 0.29) is 23.5 Å². The molecule has 0 aliphatic carbocycles. The van der Waals surface area contributed by atoms with Crippen molar-refractivity contribution in [2.75, 3.05) is 26.7 Å². The number of likely N-dealkylation sites (tertiary alicyclic amines) is 1. The zero-order valence-corrected chi connectivity index (χ0v) is 13.7. The molecule has 7 heteroatoms. The largest absolute Gasteiger partial charge is 0.480 e. The normalized spacial score (nSPS) is 18.8. The number of nitrogens with zero attached hydrogens (tertiary/aromatic N) is 2. The van der Waals surface area contributed by atoms with E-state index in [2.05, 4.69) is 0 Å². The Bertz CT molecular complexity index is 597. The number of hydrogen-bond acceptors (Lipinski definition) is 3. The molecule has 1 N–H and O–H groups in total. The number of rotatable bonds is 4. The van der Waals surface area contributed by atoms with E-state index in [4.69, 9.17) is 16.7 Å². The number of halogens is 2. The SMILES string of the molecule is CN(CC(=O)O)C1CCCN(C(=O)c2ccc(F)c(Cl)c2)CC1. The minimum Gasteiger partial charge on any atom is -0.480 e. The number of aliphatic carboxylic acids is 1. The van der Waals surface area contributed by atoms with Crippen molar-refractivity contribution in [3.63, 3.8) is 0 Å². The van der Waals surface area contributed by atoms with E-state index < -0.39 is 11.8 Å². The second-order valence-corrected chi connectivity index (χ2v) is 6.22. The number of hydrogen-bond donors (Lipinski definition) is 1. The van der Waals surface area contributed by atoms with Crippen LogP contribution in [-0.2, 0) is 4.79 Å². The van der Waals surface area contributed by atoms with Crippen molar-refractivity contribution in [3.8, 4) is 0 Å². The third kappa shape index (κ3) is 4.65. The first-order valence-corrected chi connectivity index (χ1v) is 7.92. The maximum Gasteiger partial charge on any atom is 0.317 e. The van der Waals surface area contributed by atoms with E-state index in [1.807, 2.05) is 4.90 Å². The van der Waals surface area contributed by atoms with Crippen molar-refractivity contribution in [1.82, 2.24) is 9.80 Å². The van der Waals surface area contributed by atoms with Gasteiger partial charge in [0.1, 0.15) is 5.82 Å². The maximum absolute atomic E-state index is 13.2. The van der Waals surface area contributed by atoms with Crippen LogP contribution in [0.15, 0.2) is 18.2 Å². The molecule has 1 heterocycles. The van der Waals surface area contributed by atoms with Crippen molar-refractivity contribution in [2.24, 2.45) is 0 Å². The molecule has 1 fully saturated rings. The van der Waals surface area contributed by atoms with Crippen LogP contribution < -0.4 is 0 Å². The topological polar surface area (TPSA) is 60.9 Å². The van der Waals surface area contributed by atoms with Gasteiger partial charge in [-0.3, -0.25) is 14.5 Å². The lowest BCUT2D eigenvalue weighted by Crippen LogP contribution is -2.37. The highest BCUT2D eigenvalue weighted by Gasteiger charge is 2.24. The highest BCUT2D eigenvalue weighted by Crippen LogP contribution is 2.20. The van der Waals surface area contributed by atoms with Crippen molar-refractivity contribution in [3.05, 3.63) is 34.6 Å². The molecule has 0 bridgehead atoms. The Morgan fingerprint density at radius 2 is 2.13 bits per heavy atom. The van der Waals surface area contributed by atoms with E-state index >= 15 is 0 Å². The number of benzene rings is 1. The predicted octanol–water partition coefficient (Wildman–Crippen LogP) is 2.49. The molecule has 1 saturated heterocycles. The standard InChI is InChI=1S/C16H20ClFN2O3/c1-19(10-15(21)22)12-3-2-7-20(8-6-12)16(23)11-4-5-14(18)13(17)9-11/h4-5,9,12H,2-3,6-8,10H2,1H3,(H,21,22). The number of carbonyl (C=O) groups excluding carboxylic acids is 1. The Kier molecular flexibility index (Phi) is 5.96. The maximum atomic E-state index is 13.2. The summed E-state index contributed by atoms with van der Waals surface area (Å²) in [5.41, 5.74) is 0.369. The Morgan fingerprint density at radius 3 is 2.78 bits per heavy atom. The second kappa shape index (κ2) is 7.75. The molecule has 1 aliphatic rings. The van der Waals surface area contributed by atoms with Gasteiger partial charge in [0, 0.05) is 24.7 Å². The van der Waals surface area contributed by atoms with Crippen LogP contribution in [0.2, 0.25) is 5.02 Å². The van der Waals surface area contributed by atoms with Crippen molar-refractivity contribution in [2.45, 2.75) is 25.3 Å². The zero-order chi connectivity index (χ0) is 17.0. The van der Waals surface area contributed by atoms with Gasteiger partial charge in [0.25, 0.3) is 5.91 Å². The van der Waals surface area contributed by atoms with Gasteiger partial charge >= 0.3 is 5.97 Å². The Balaban J connectivity index is 2.00. The van der Waals surface area contributed by atoms with E-state index in [1.165, 1.54) is 18.2 Å². The molecule has 1 aromatic carbocycles. The lowest BCUT2D eigenvalue weighted by Gasteiger charge is -2.25. The highest BCUT2D eigenvalue weighted by molar-refractivity contribution is 6.31. The molecule has 23 heavy (non-hydrogen) atoms. The molecule has 1 amide bonds. The zero-order valence-electron chi connectivity index (χ0n) is 13.0. The molecule has 0 aromatic heterocycles. The van der Waals surface area contributed by atoms with E-state index in [0.717, 1.165) is 12.8 Å². The summed E-state index contributed by atoms with van der Waals surface area (Å²) in [6.45, 7) is 1.14. The number of likely N-dealkylation sites (N-methyl/N-ethyl adjacent to an activating group) is 1. The fourth-order valence-corrected chi connectivity index (χ4v) is 3.06. The van der Waals surface area contributed by atoms with E-state index in [0.29, 0.717) is 25.1 Å². The molecule has 1 atom stereocenters. The fourth-order valence-electron chi connectivity index (χ4n) is 2.88. The molecule has 126 valence electrons. The Hall–Kier alpha value is -1.66. The van der Waals surface area contributed by atoms with Crippen LogP contribution in [0.5, 0.6) is 0 Å². The summed E-state index contributed by atoms with van der Waals surface area (Å²) in [6.07, 6.45) is 2.36. The minimum atomic E-state index is -0.856. The van der Waals surface area contributed by atoms with Gasteiger partial charge in [0.05, 0.1) is 11.6 Å². The van der Waals surface area contributed by atoms with Gasteiger partial charge in [0.15, 0.2) is 0 Å². The average Bonchev–Trinajstić information content (AvgIpc) is 2.74. The van der Waals surface area contributed by atoms with Crippen molar-refractivity contribution < 1.29 is 19.1 Å². The van der Waals surface area contributed by atoms with Crippen molar-refractivity contribution >= 4 is 23.5 Å². The first-order chi connectivity index (χ1) is 10.9. The second-order valence-electron chi connectivity index (χ2n) is 5.81. The fraction of sp³-hybridized carbons (Fsp3) is 0.500. The molecular weight excluding hydrogens is 323 g/mol. The van der Waals surface area contributed by atoms with E-state index in [9.17, 15) is 14.0 Å². The van der Waals surface area contributed by atoms with Crippen LogP contribution in [-0.4, -0.2) is 59.5 Å². The van der Waals surface area contributed by atoms with Gasteiger partial charge in [0.2, 0.25) is 0 Å². The van der Waals surface area contributed by atoms with Gasteiger partial charge in [-0.1, -0.05) is 11.6 Å². The predicted molar refractivity (Wildman–Crippen MR) is 85.2 cm³/mol.